The number of alkyl halides is 1. The first-order chi connectivity index (χ1) is 11.1. The van der Waals surface area contributed by atoms with E-state index in [0.29, 0.717) is 11.7 Å². The lowest BCUT2D eigenvalue weighted by Crippen LogP contribution is -2.37. The Labute approximate surface area is 149 Å². The maximum Gasteiger partial charge on any atom is 0.194 e. The van der Waals surface area contributed by atoms with Crippen LogP contribution in [0.15, 0.2) is 23.4 Å². The van der Waals surface area contributed by atoms with Gasteiger partial charge in [-0.25, -0.2) is 0 Å². The first kappa shape index (κ1) is 18.2. The molecule has 1 saturated carbocycles. The Kier molecular flexibility index (Phi) is 6.85. The topological polar surface area (TPSA) is 24.8 Å². The van der Waals surface area contributed by atoms with Gasteiger partial charge >= 0.3 is 0 Å². The first-order valence-electron chi connectivity index (χ1n) is 8.35. The van der Waals surface area contributed by atoms with Gasteiger partial charge in [0.2, 0.25) is 0 Å². The molecule has 1 aromatic rings. The highest BCUT2D eigenvalue weighted by atomic mass is 35.5. The number of anilines is 1. The Morgan fingerprint density at radius 1 is 1.30 bits per heavy atom. The van der Waals surface area contributed by atoms with Crippen molar-refractivity contribution < 1.29 is 4.84 Å². The number of oxime groups is 1. The highest BCUT2D eigenvalue weighted by molar-refractivity contribution is 7.80. The third-order valence-electron chi connectivity index (χ3n) is 3.98. The third-order valence-corrected chi connectivity index (χ3v) is 5.13. The lowest BCUT2D eigenvalue weighted by Gasteiger charge is -2.28. The summed E-state index contributed by atoms with van der Waals surface area (Å²) in [6.07, 6.45) is 4.80. The van der Waals surface area contributed by atoms with Gasteiger partial charge in [-0.15, -0.1) is 11.6 Å². The molecule has 2 rings (SSSR count). The predicted molar refractivity (Wildman–Crippen MR) is 103 cm³/mol. The molecule has 1 unspecified atom stereocenters. The smallest absolute Gasteiger partial charge is 0.194 e. The minimum atomic E-state index is -0.183. The van der Waals surface area contributed by atoms with Crippen LogP contribution in [0.2, 0.25) is 0 Å². The molecule has 3 nitrogen and oxygen atoms in total. The molecule has 0 saturated heterocycles. The number of aryl methyl sites for hydroxylation is 2. The summed E-state index contributed by atoms with van der Waals surface area (Å²) in [6, 6.07) is 6.54. The van der Waals surface area contributed by atoms with E-state index in [1.54, 1.807) is 0 Å². The summed E-state index contributed by atoms with van der Waals surface area (Å²) < 4.78 is 0. The van der Waals surface area contributed by atoms with Crippen LogP contribution in [0.4, 0.5) is 5.69 Å². The molecular formula is C18H25ClN2OS. The van der Waals surface area contributed by atoms with Gasteiger partial charge in [-0.05, 0) is 49.3 Å². The zero-order valence-electron chi connectivity index (χ0n) is 14.1. The number of benzene rings is 1. The average molecular weight is 353 g/mol. The van der Waals surface area contributed by atoms with Crippen molar-refractivity contribution >= 4 is 40.2 Å². The zero-order valence-corrected chi connectivity index (χ0v) is 15.7. The Balaban J connectivity index is 2.30. The van der Waals surface area contributed by atoms with E-state index in [2.05, 4.69) is 37.2 Å². The van der Waals surface area contributed by atoms with Gasteiger partial charge in [0.25, 0.3) is 0 Å². The van der Waals surface area contributed by atoms with Crippen molar-refractivity contribution in [1.82, 2.24) is 0 Å². The molecule has 0 N–H and O–H groups in total. The number of nitrogens with zero attached hydrogens (tertiary/aromatic N) is 2. The van der Waals surface area contributed by atoms with Crippen LogP contribution in [0, 0.1) is 0 Å². The van der Waals surface area contributed by atoms with Crippen molar-refractivity contribution in [2.45, 2.75) is 58.3 Å². The van der Waals surface area contributed by atoms with Crippen LogP contribution in [0.3, 0.4) is 0 Å². The van der Waals surface area contributed by atoms with Crippen molar-refractivity contribution in [1.29, 1.82) is 0 Å². The molecule has 0 bridgehead atoms. The van der Waals surface area contributed by atoms with E-state index in [1.165, 1.54) is 11.1 Å². The summed E-state index contributed by atoms with van der Waals surface area (Å²) >= 11 is 12.0. The second kappa shape index (κ2) is 8.65. The normalized spacial score (nSPS) is 14.3. The second-order valence-corrected chi connectivity index (χ2v) is 6.67. The van der Waals surface area contributed by atoms with Crippen LogP contribution in [0.5, 0.6) is 0 Å². The first-order valence-corrected chi connectivity index (χ1v) is 9.20. The van der Waals surface area contributed by atoms with Crippen LogP contribution in [-0.4, -0.2) is 22.8 Å². The molecule has 23 heavy (non-hydrogen) atoms. The molecule has 1 aliphatic rings. The van der Waals surface area contributed by atoms with Gasteiger partial charge in [-0.1, -0.05) is 50.3 Å². The molecule has 1 atom stereocenters. The molecule has 1 aliphatic carbocycles. The fraction of sp³-hybridized carbons (Fsp3) is 0.556. The highest BCUT2D eigenvalue weighted by Gasteiger charge is 2.22. The summed E-state index contributed by atoms with van der Waals surface area (Å²) in [5, 5.41) is 3.96. The quantitative estimate of drug-likeness (QED) is 0.282. The van der Waals surface area contributed by atoms with E-state index >= 15 is 0 Å². The van der Waals surface area contributed by atoms with Gasteiger partial charge in [-0.2, -0.15) is 0 Å². The molecule has 1 aromatic carbocycles. The largest absolute Gasteiger partial charge is 0.374 e. The fourth-order valence-corrected chi connectivity index (χ4v) is 2.74. The molecular weight excluding hydrogens is 328 g/mol. The Morgan fingerprint density at radius 2 is 2.04 bits per heavy atom. The molecule has 0 radical (unpaired) electrons. The molecule has 0 amide bonds. The lowest BCUT2D eigenvalue weighted by molar-refractivity contribution is 0.153. The zero-order chi connectivity index (χ0) is 16.8. The van der Waals surface area contributed by atoms with Crippen molar-refractivity contribution in [3.8, 4) is 0 Å². The highest BCUT2D eigenvalue weighted by Crippen LogP contribution is 2.26. The maximum absolute atomic E-state index is 6.41. The SMILES string of the molecule is CCc1ccc(CC)c(N(CON=C2CC2)C(=S)C(Cl)CC)c1. The number of rotatable bonds is 8. The molecule has 1 fully saturated rings. The minimum Gasteiger partial charge on any atom is -0.374 e. The predicted octanol–water partition coefficient (Wildman–Crippen LogP) is 5.09. The van der Waals surface area contributed by atoms with Crippen LogP contribution in [-0.2, 0) is 17.7 Å². The van der Waals surface area contributed by atoms with Crippen molar-refractivity contribution in [2.24, 2.45) is 5.16 Å². The molecule has 0 aliphatic heterocycles. The summed E-state index contributed by atoms with van der Waals surface area (Å²) in [4.78, 5) is 8.23. The van der Waals surface area contributed by atoms with Crippen LogP contribution in [0.25, 0.3) is 0 Å². The fourth-order valence-electron chi connectivity index (χ4n) is 2.30. The number of halogens is 1. The monoisotopic (exact) mass is 352 g/mol. The van der Waals surface area contributed by atoms with Crippen LogP contribution < -0.4 is 4.90 Å². The van der Waals surface area contributed by atoms with Gasteiger partial charge in [0.05, 0.1) is 11.1 Å². The van der Waals surface area contributed by atoms with Crippen LogP contribution >= 0.6 is 23.8 Å². The molecule has 126 valence electrons. The number of thiocarbonyl (C=S) groups is 1. The van der Waals surface area contributed by atoms with Gasteiger partial charge in [-0.3, -0.25) is 4.90 Å². The van der Waals surface area contributed by atoms with E-state index in [4.69, 9.17) is 28.7 Å². The Hall–Kier alpha value is -1.13. The molecule has 0 spiro atoms. The van der Waals surface area contributed by atoms with Gasteiger partial charge < -0.3 is 4.84 Å². The van der Waals surface area contributed by atoms with Gasteiger partial charge in [0.15, 0.2) is 6.73 Å². The van der Waals surface area contributed by atoms with E-state index in [9.17, 15) is 0 Å². The average Bonchev–Trinajstić information content (AvgIpc) is 3.41. The van der Waals surface area contributed by atoms with Crippen molar-refractivity contribution in [3.05, 3.63) is 29.3 Å². The maximum atomic E-state index is 6.41. The number of hydrogen-bond donors (Lipinski definition) is 0. The molecule has 0 aromatic heterocycles. The Bertz CT molecular complexity index is 582. The van der Waals surface area contributed by atoms with E-state index < -0.39 is 0 Å². The standard InChI is InChI=1S/C18H25ClN2OS/c1-4-13-7-8-14(5-2)17(11-13)21(18(23)16(19)6-3)12-22-20-15-9-10-15/h7-8,11,16H,4-6,9-10,12H2,1-3H3. The summed E-state index contributed by atoms with van der Waals surface area (Å²) in [5.41, 5.74) is 4.73. The number of hydrogen-bond acceptors (Lipinski definition) is 3. The van der Waals surface area contributed by atoms with Gasteiger partial charge in [0.1, 0.15) is 4.99 Å². The summed E-state index contributed by atoms with van der Waals surface area (Å²) in [6.45, 7) is 6.65. The lowest BCUT2D eigenvalue weighted by atomic mass is 10.0. The summed E-state index contributed by atoms with van der Waals surface area (Å²) in [7, 11) is 0. The Morgan fingerprint density at radius 3 is 2.61 bits per heavy atom. The molecule has 5 heteroatoms. The summed E-state index contributed by atoms with van der Waals surface area (Å²) in [5.74, 6) is 0. The second-order valence-electron chi connectivity index (χ2n) is 5.73. The molecule has 0 heterocycles. The van der Waals surface area contributed by atoms with Crippen molar-refractivity contribution in [3.63, 3.8) is 0 Å². The van der Waals surface area contributed by atoms with Crippen molar-refractivity contribution in [2.75, 3.05) is 11.6 Å². The van der Waals surface area contributed by atoms with Gasteiger partial charge in [0, 0.05) is 5.69 Å². The van der Waals surface area contributed by atoms with E-state index in [1.807, 2.05) is 11.8 Å². The minimum absolute atomic E-state index is 0.183. The van der Waals surface area contributed by atoms with E-state index in [0.717, 1.165) is 43.5 Å². The third kappa shape index (κ3) is 4.92. The van der Waals surface area contributed by atoms with E-state index in [-0.39, 0.29) is 5.38 Å². The van der Waals surface area contributed by atoms with Crippen LogP contribution in [0.1, 0.15) is 51.2 Å².